The molecule has 0 saturated carbocycles. The normalized spacial score (nSPS) is 15.7. The Bertz CT molecular complexity index is 258. The van der Waals surface area contributed by atoms with Gasteiger partial charge in [-0.15, -0.1) is 0 Å². The summed E-state index contributed by atoms with van der Waals surface area (Å²) in [6.45, 7) is 19.0. The summed E-state index contributed by atoms with van der Waals surface area (Å²) in [6.07, 6.45) is 4.74. The van der Waals surface area contributed by atoms with Crippen LogP contribution in [0.5, 0.6) is 0 Å². The molecule has 0 aliphatic carbocycles. The topological polar surface area (TPSA) is 35.5 Å². The van der Waals surface area contributed by atoms with Gasteiger partial charge in [-0.2, -0.15) is 0 Å². The first-order valence-corrected chi connectivity index (χ1v) is 8.81. The fraction of sp³-hybridized carbons (Fsp3) is 1.00. The Morgan fingerprint density at radius 1 is 1.05 bits per heavy atom. The molecule has 0 aromatic carbocycles. The van der Waals surface area contributed by atoms with Crippen molar-refractivity contribution in [3.05, 3.63) is 0 Å². The van der Waals surface area contributed by atoms with Crippen LogP contribution in [0.3, 0.4) is 0 Å². The second kappa shape index (κ2) is 9.81. The lowest BCUT2D eigenvalue weighted by atomic mass is 9.83. The minimum absolute atomic E-state index is 0.158. The number of aliphatic hydroxyl groups is 1. The summed E-state index contributed by atoms with van der Waals surface area (Å²) in [5.74, 6) is 0. The minimum Gasteiger partial charge on any atom is -0.395 e. The highest BCUT2D eigenvalue weighted by Crippen LogP contribution is 2.26. The maximum atomic E-state index is 9.41. The van der Waals surface area contributed by atoms with Crippen LogP contribution < -0.4 is 5.32 Å². The highest BCUT2D eigenvalue weighted by atomic mass is 16.3. The molecule has 21 heavy (non-hydrogen) atoms. The van der Waals surface area contributed by atoms with E-state index in [4.69, 9.17) is 0 Å². The molecule has 0 spiro atoms. The van der Waals surface area contributed by atoms with Crippen molar-refractivity contribution in [1.29, 1.82) is 0 Å². The lowest BCUT2D eigenvalue weighted by Crippen LogP contribution is -2.50. The summed E-state index contributed by atoms with van der Waals surface area (Å²) in [7, 11) is 0. The van der Waals surface area contributed by atoms with Crippen LogP contribution in [-0.2, 0) is 0 Å². The van der Waals surface area contributed by atoms with Crippen LogP contribution in [0.2, 0.25) is 0 Å². The molecule has 0 saturated heterocycles. The fourth-order valence-corrected chi connectivity index (χ4v) is 3.12. The van der Waals surface area contributed by atoms with Gasteiger partial charge in [-0.3, -0.25) is 4.90 Å². The summed E-state index contributed by atoms with van der Waals surface area (Å²) in [4.78, 5) is 2.50. The Kier molecular flexibility index (Phi) is 9.75. The molecule has 0 aliphatic heterocycles. The van der Waals surface area contributed by atoms with Crippen molar-refractivity contribution in [2.75, 3.05) is 26.2 Å². The second-order valence-electron chi connectivity index (χ2n) is 7.83. The Morgan fingerprint density at radius 2 is 1.62 bits per heavy atom. The molecule has 0 radical (unpaired) electrons. The molecule has 0 bridgehead atoms. The van der Waals surface area contributed by atoms with Gasteiger partial charge in [-0.1, -0.05) is 34.1 Å². The molecule has 1 atom stereocenters. The first kappa shape index (κ1) is 20.9. The van der Waals surface area contributed by atoms with Crippen LogP contribution in [0.4, 0.5) is 0 Å². The largest absolute Gasteiger partial charge is 0.395 e. The number of hydrogen-bond donors (Lipinski definition) is 2. The smallest absolute Gasteiger partial charge is 0.0558 e. The van der Waals surface area contributed by atoms with E-state index >= 15 is 0 Å². The number of hydrogen-bond acceptors (Lipinski definition) is 3. The molecule has 0 fully saturated rings. The van der Waals surface area contributed by atoms with Gasteiger partial charge in [0.1, 0.15) is 0 Å². The third kappa shape index (κ3) is 8.80. The van der Waals surface area contributed by atoms with Crippen molar-refractivity contribution in [1.82, 2.24) is 10.2 Å². The number of aliphatic hydroxyl groups excluding tert-OH is 1. The molecule has 0 aromatic heterocycles. The molecule has 3 heteroatoms. The molecule has 1 unspecified atom stereocenters. The van der Waals surface area contributed by atoms with E-state index in [2.05, 4.69) is 58.7 Å². The zero-order valence-corrected chi connectivity index (χ0v) is 15.6. The highest BCUT2D eigenvalue weighted by Gasteiger charge is 2.29. The van der Waals surface area contributed by atoms with Gasteiger partial charge in [0.15, 0.2) is 0 Å². The standard InChI is InChI=1S/C18H40N2O/c1-8-11-18(7,14-19-17(4,5)6)15-20(12-13-21)16(9-2)10-3/h16,19,21H,8-15H2,1-7H3. The van der Waals surface area contributed by atoms with Gasteiger partial charge in [0.25, 0.3) is 0 Å². The van der Waals surface area contributed by atoms with Crippen molar-refractivity contribution in [2.24, 2.45) is 5.41 Å². The first-order valence-electron chi connectivity index (χ1n) is 8.81. The molecule has 0 amide bonds. The molecule has 128 valence electrons. The molecule has 0 aromatic rings. The van der Waals surface area contributed by atoms with E-state index in [1.807, 2.05) is 0 Å². The molecular formula is C18H40N2O. The second-order valence-corrected chi connectivity index (χ2v) is 7.83. The van der Waals surface area contributed by atoms with Crippen LogP contribution >= 0.6 is 0 Å². The lowest BCUT2D eigenvalue weighted by Gasteiger charge is -2.40. The Hall–Kier alpha value is -0.120. The fourth-order valence-electron chi connectivity index (χ4n) is 3.12. The van der Waals surface area contributed by atoms with Gasteiger partial charge in [-0.25, -0.2) is 0 Å². The van der Waals surface area contributed by atoms with E-state index in [0.717, 1.165) is 32.5 Å². The van der Waals surface area contributed by atoms with Gasteiger partial charge in [0.05, 0.1) is 6.61 Å². The monoisotopic (exact) mass is 300 g/mol. The summed E-state index contributed by atoms with van der Waals surface area (Å²) in [6, 6.07) is 0.586. The Balaban J connectivity index is 4.88. The first-order chi connectivity index (χ1) is 9.71. The minimum atomic E-state index is 0.158. The van der Waals surface area contributed by atoms with Crippen LogP contribution in [0.15, 0.2) is 0 Å². The average Bonchev–Trinajstić information content (AvgIpc) is 2.38. The van der Waals surface area contributed by atoms with E-state index in [9.17, 15) is 5.11 Å². The number of nitrogens with zero attached hydrogens (tertiary/aromatic N) is 1. The number of rotatable bonds is 11. The van der Waals surface area contributed by atoms with Gasteiger partial charge in [0, 0.05) is 31.2 Å². The van der Waals surface area contributed by atoms with Crippen molar-refractivity contribution >= 4 is 0 Å². The zero-order valence-electron chi connectivity index (χ0n) is 15.6. The van der Waals surface area contributed by atoms with Crippen LogP contribution in [0.25, 0.3) is 0 Å². The van der Waals surface area contributed by atoms with E-state index in [0.29, 0.717) is 6.04 Å². The summed E-state index contributed by atoms with van der Waals surface area (Å²) < 4.78 is 0. The van der Waals surface area contributed by atoms with Gasteiger partial charge in [-0.05, 0) is 45.4 Å². The molecule has 0 aliphatic rings. The molecule has 0 rings (SSSR count). The van der Waals surface area contributed by atoms with Crippen LogP contribution in [0, 0.1) is 5.41 Å². The predicted molar refractivity (Wildman–Crippen MR) is 93.8 cm³/mol. The van der Waals surface area contributed by atoms with Gasteiger partial charge in [0.2, 0.25) is 0 Å². The molecule has 2 N–H and O–H groups in total. The van der Waals surface area contributed by atoms with Crippen molar-refractivity contribution < 1.29 is 5.11 Å². The van der Waals surface area contributed by atoms with Crippen molar-refractivity contribution in [2.45, 2.75) is 85.7 Å². The maximum absolute atomic E-state index is 9.41. The SMILES string of the molecule is CCCC(C)(CNC(C)(C)C)CN(CCO)C(CC)CC. The third-order valence-corrected chi connectivity index (χ3v) is 4.33. The van der Waals surface area contributed by atoms with E-state index in [-0.39, 0.29) is 17.6 Å². The van der Waals surface area contributed by atoms with Crippen molar-refractivity contribution in [3.63, 3.8) is 0 Å². The number of nitrogens with one attached hydrogen (secondary N) is 1. The van der Waals surface area contributed by atoms with Crippen LogP contribution in [-0.4, -0.2) is 47.8 Å². The summed E-state index contributed by atoms with van der Waals surface area (Å²) in [5.41, 5.74) is 0.422. The third-order valence-electron chi connectivity index (χ3n) is 4.33. The van der Waals surface area contributed by atoms with E-state index in [1.165, 1.54) is 12.8 Å². The molecular weight excluding hydrogens is 260 g/mol. The Morgan fingerprint density at radius 3 is 2.00 bits per heavy atom. The molecule has 0 heterocycles. The van der Waals surface area contributed by atoms with E-state index < -0.39 is 0 Å². The molecule has 3 nitrogen and oxygen atoms in total. The van der Waals surface area contributed by atoms with Gasteiger partial charge < -0.3 is 10.4 Å². The summed E-state index contributed by atoms with van der Waals surface area (Å²) >= 11 is 0. The quantitative estimate of drug-likeness (QED) is 0.611. The van der Waals surface area contributed by atoms with E-state index in [1.54, 1.807) is 0 Å². The van der Waals surface area contributed by atoms with Crippen molar-refractivity contribution in [3.8, 4) is 0 Å². The lowest BCUT2D eigenvalue weighted by molar-refractivity contribution is 0.0808. The highest BCUT2D eigenvalue weighted by molar-refractivity contribution is 4.85. The van der Waals surface area contributed by atoms with Gasteiger partial charge >= 0.3 is 0 Å². The summed E-state index contributed by atoms with van der Waals surface area (Å²) in [5, 5.41) is 13.1. The van der Waals surface area contributed by atoms with Crippen LogP contribution in [0.1, 0.15) is 74.1 Å². The maximum Gasteiger partial charge on any atom is 0.0558 e. The Labute approximate surface area is 133 Å². The zero-order chi connectivity index (χ0) is 16.5. The average molecular weight is 301 g/mol. The predicted octanol–water partition coefficient (Wildman–Crippen LogP) is 3.66.